The maximum absolute atomic E-state index is 13.6. The number of hydrogen-bond donors (Lipinski definition) is 2. The van der Waals surface area contributed by atoms with Gasteiger partial charge in [-0.2, -0.15) is 0 Å². The lowest BCUT2D eigenvalue weighted by atomic mass is 9.80. The summed E-state index contributed by atoms with van der Waals surface area (Å²) in [6.45, 7) is 6.05. The molecule has 1 aliphatic rings. The lowest BCUT2D eigenvalue weighted by Gasteiger charge is -2.39. The SMILES string of the molecule is CC(C)COc1ccc(NCCN(C)C(=O)C2(NC(=O)c3cc4ccccc4o3)CCCCC2)cc1. The van der Waals surface area contributed by atoms with Crippen LogP contribution in [-0.4, -0.2) is 49.0 Å². The van der Waals surface area contributed by atoms with Crippen LogP contribution in [0.4, 0.5) is 5.69 Å². The quantitative estimate of drug-likeness (QED) is 0.393. The molecule has 7 heteroatoms. The molecule has 1 saturated carbocycles. The van der Waals surface area contributed by atoms with Gasteiger partial charge in [-0.3, -0.25) is 9.59 Å². The summed E-state index contributed by atoms with van der Waals surface area (Å²) in [6, 6.07) is 17.1. The summed E-state index contributed by atoms with van der Waals surface area (Å²) < 4.78 is 11.5. The van der Waals surface area contributed by atoms with E-state index in [2.05, 4.69) is 24.5 Å². The van der Waals surface area contributed by atoms with Gasteiger partial charge < -0.3 is 24.7 Å². The first-order chi connectivity index (χ1) is 17.4. The Labute approximate surface area is 213 Å². The zero-order chi connectivity index (χ0) is 25.5. The van der Waals surface area contributed by atoms with Gasteiger partial charge in [0, 0.05) is 31.2 Å². The van der Waals surface area contributed by atoms with Crippen LogP contribution in [0.15, 0.2) is 59.0 Å². The number of amides is 2. The maximum atomic E-state index is 13.6. The lowest BCUT2D eigenvalue weighted by molar-refractivity contribution is -0.138. The van der Waals surface area contributed by atoms with E-state index in [1.54, 1.807) is 18.0 Å². The van der Waals surface area contributed by atoms with Gasteiger partial charge >= 0.3 is 0 Å². The summed E-state index contributed by atoms with van der Waals surface area (Å²) in [7, 11) is 1.80. The van der Waals surface area contributed by atoms with E-state index in [0.717, 1.165) is 36.1 Å². The number of para-hydroxylation sites is 1. The molecule has 0 bridgehead atoms. The molecule has 0 spiro atoms. The van der Waals surface area contributed by atoms with Crippen LogP contribution in [0.1, 0.15) is 56.5 Å². The fourth-order valence-corrected chi connectivity index (χ4v) is 4.69. The first-order valence-electron chi connectivity index (χ1n) is 12.9. The molecule has 0 unspecified atom stereocenters. The number of benzene rings is 2. The van der Waals surface area contributed by atoms with E-state index >= 15 is 0 Å². The molecule has 0 radical (unpaired) electrons. The van der Waals surface area contributed by atoms with Crippen molar-refractivity contribution in [1.29, 1.82) is 0 Å². The number of carbonyl (C=O) groups excluding carboxylic acids is 2. The van der Waals surface area contributed by atoms with Gasteiger partial charge in [-0.05, 0) is 55.2 Å². The summed E-state index contributed by atoms with van der Waals surface area (Å²) in [5.41, 5.74) is 0.728. The molecule has 36 heavy (non-hydrogen) atoms. The Morgan fingerprint density at radius 2 is 1.78 bits per heavy atom. The van der Waals surface area contributed by atoms with E-state index in [-0.39, 0.29) is 17.6 Å². The standard InChI is InChI=1S/C29H37N3O4/c1-21(2)20-35-24-13-11-23(12-14-24)30-17-18-32(3)28(34)29(15-7-4-8-16-29)31-27(33)26-19-22-9-5-6-10-25(22)36-26/h5-6,9-14,19,21,30H,4,7-8,15-18,20H2,1-3H3,(H,31,33). The largest absolute Gasteiger partial charge is 0.493 e. The van der Waals surface area contributed by atoms with E-state index in [9.17, 15) is 9.59 Å². The van der Waals surface area contributed by atoms with Gasteiger partial charge in [0.25, 0.3) is 5.91 Å². The van der Waals surface area contributed by atoms with E-state index in [4.69, 9.17) is 9.15 Å². The molecule has 1 heterocycles. The summed E-state index contributed by atoms with van der Waals surface area (Å²) in [4.78, 5) is 28.5. The average molecular weight is 492 g/mol. The molecule has 0 atom stereocenters. The maximum Gasteiger partial charge on any atom is 0.287 e. The van der Waals surface area contributed by atoms with Gasteiger partial charge in [-0.1, -0.05) is 51.3 Å². The molecule has 0 saturated heterocycles. The Kier molecular flexibility index (Phi) is 8.18. The van der Waals surface area contributed by atoms with Crippen molar-refractivity contribution in [2.45, 2.75) is 51.5 Å². The molecule has 2 amide bonds. The Hall–Kier alpha value is -3.48. The van der Waals surface area contributed by atoms with Crippen molar-refractivity contribution < 1.29 is 18.7 Å². The van der Waals surface area contributed by atoms with Crippen LogP contribution in [-0.2, 0) is 4.79 Å². The molecular weight excluding hydrogens is 454 g/mol. The smallest absolute Gasteiger partial charge is 0.287 e. The predicted molar refractivity (Wildman–Crippen MR) is 142 cm³/mol. The van der Waals surface area contributed by atoms with Crippen molar-refractivity contribution in [3.05, 3.63) is 60.4 Å². The number of furan rings is 1. The molecular formula is C29H37N3O4. The number of carbonyl (C=O) groups is 2. The van der Waals surface area contributed by atoms with Crippen LogP contribution < -0.4 is 15.4 Å². The van der Waals surface area contributed by atoms with Crippen molar-refractivity contribution in [2.75, 3.05) is 32.1 Å². The van der Waals surface area contributed by atoms with Crippen molar-refractivity contribution in [3.63, 3.8) is 0 Å². The van der Waals surface area contributed by atoms with Gasteiger partial charge in [-0.25, -0.2) is 0 Å². The molecule has 192 valence electrons. The first kappa shape index (κ1) is 25.6. The summed E-state index contributed by atoms with van der Waals surface area (Å²) in [5, 5.41) is 7.30. The zero-order valence-corrected chi connectivity index (χ0v) is 21.5. The second-order valence-corrected chi connectivity index (χ2v) is 10.1. The minimum Gasteiger partial charge on any atom is -0.493 e. The highest BCUT2D eigenvalue weighted by Gasteiger charge is 2.43. The van der Waals surface area contributed by atoms with Crippen LogP contribution in [0, 0.1) is 5.92 Å². The number of likely N-dealkylation sites (N-methyl/N-ethyl adjacent to an activating group) is 1. The number of nitrogens with zero attached hydrogens (tertiary/aromatic N) is 1. The van der Waals surface area contributed by atoms with Crippen LogP contribution in [0.3, 0.4) is 0 Å². The third-order valence-electron chi connectivity index (χ3n) is 6.68. The molecule has 7 nitrogen and oxygen atoms in total. The Morgan fingerprint density at radius 1 is 1.06 bits per heavy atom. The van der Waals surface area contributed by atoms with Gasteiger partial charge in [0.1, 0.15) is 16.9 Å². The topological polar surface area (TPSA) is 83.8 Å². The number of nitrogens with one attached hydrogen (secondary N) is 2. The van der Waals surface area contributed by atoms with Crippen molar-refractivity contribution in [3.8, 4) is 5.75 Å². The molecule has 1 fully saturated rings. The van der Waals surface area contributed by atoms with E-state index in [1.165, 1.54) is 0 Å². The van der Waals surface area contributed by atoms with E-state index in [0.29, 0.717) is 44.0 Å². The molecule has 0 aliphatic heterocycles. The third kappa shape index (κ3) is 6.20. The van der Waals surface area contributed by atoms with Crippen LogP contribution in [0.25, 0.3) is 11.0 Å². The number of fused-ring (bicyclic) bond motifs is 1. The van der Waals surface area contributed by atoms with E-state index < -0.39 is 5.54 Å². The highest BCUT2D eigenvalue weighted by Crippen LogP contribution is 2.31. The third-order valence-corrected chi connectivity index (χ3v) is 6.68. The highest BCUT2D eigenvalue weighted by atomic mass is 16.5. The Bertz CT molecular complexity index is 1130. The van der Waals surface area contributed by atoms with Crippen LogP contribution in [0.5, 0.6) is 5.75 Å². The monoisotopic (exact) mass is 491 g/mol. The molecule has 4 rings (SSSR count). The van der Waals surface area contributed by atoms with Crippen molar-refractivity contribution >= 4 is 28.5 Å². The summed E-state index contributed by atoms with van der Waals surface area (Å²) >= 11 is 0. The Morgan fingerprint density at radius 3 is 2.47 bits per heavy atom. The number of rotatable bonds is 10. The Balaban J connectivity index is 1.35. The number of ether oxygens (including phenoxy) is 1. The molecule has 2 N–H and O–H groups in total. The van der Waals surface area contributed by atoms with Gasteiger partial charge in [-0.15, -0.1) is 0 Å². The number of hydrogen-bond acceptors (Lipinski definition) is 5. The van der Waals surface area contributed by atoms with Crippen LogP contribution in [0.2, 0.25) is 0 Å². The van der Waals surface area contributed by atoms with Crippen molar-refractivity contribution in [2.24, 2.45) is 5.92 Å². The average Bonchev–Trinajstić information content (AvgIpc) is 3.33. The fraction of sp³-hybridized carbons (Fsp3) is 0.448. The van der Waals surface area contributed by atoms with E-state index in [1.807, 2.05) is 48.5 Å². The highest BCUT2D eigenvalue weighted by molar-refractivity contribution is 6.00. The lowest BCUT2D eigenvalue weighted by Crippen LogP contribution is -2.60. The normalized spacial score (nSPS) is 15.0. The first-order valence-corrected chi connectivity index (χ1v) is 12.9. The van der Waals surface area contributed by atoms with Crippen LogP contribution >= 0.6 is 0 Å². The molecule has 1 aliphatic carbocycles. The molecule has 2 aromatic carbocycles. The minimum atomic E-state index is -0.904. The number of anilines is 1. The summed E-state index contributed by atoms with van der Waals surface area (Å²) in [5.74, 6) is 1.17. The molecule has 3 aromatic rings. The second kappa shape index (κ2) is 11.5. The van der Waals surface area contributed by atoms with Crippen molar-refractivity contribution in [1.82, 2.24) is 10.2 Å². The minimum absolute atomic E-state index is 0.0501. The molecule has 1 aromatic heterocycles. The zero-order valence-electron chi connectivity index (χ0n) is 21.5. The predicted octanol–water partition coefficient (Wildman–Crippen LogP) is 5.47. The second-order valence-electron chi connectivity index (χ2n) is 10.1. The summed E-state index contributed by atoms with van der Waals surface area (Å²) in [6.07, 6.45) is 4.14. The van der Waals surface area contributed by atoms with Gasteiger partial charge in [0.15, 0.2) is 5.76 Å². The van der Waals surface area contributed by atoms with Gasteiger partial charge in [0.2, 0.25) is 5.91 Å². The fourth-order valence-electron chi connectivity index (χ4n) is 4.69. The van der Waals surface area contributed by atoms with Gasteiger partial charge in [0.05, 0.1) is 6.61 Å².